The number of amides is 2. The number of halogens is 2. The zero-order chi connectivity index (χ0) is 26.9. The average Bonchev–Trinajstić information content (AvgIpc) is 2.86. The van der Waals surface area contributed by atoms with E-state index >= 15 is 0 Å². The van der Waals surface area contributed by atoms with Gasteiger partial charge in [0.1, 0.15) is 18.4 Å². The predicted octanol–water partition coefficient (Wildman–Crippen LogP) is 5.39. The van der Waals surface area contributed by atoms with E-state index in [9.17, 15) is 19.7 Å². The number of non-ortho nitro benzene ring substituents is 1. The summed E-state index contributed by atoms with van der Waals surface area (Å²) in [6.07, 6.45) is 1.47. The fourth-order valence-corrected chi connectivity index (χ4v) is 3.69. The van der Waals surface area contributed by atoms with Gasteiger partial charge >= 0.3 is 0 Å². The van der Waals surface area contributed by atoms with E-state index in [0.29, 0.717) is 16.3 Å². The third-order valence-corrected chi connectivity index (χ3v) is 5.78. The molecule has 0 spiro atoms. The van der Waals surface area contributed by atoms with Gasteiger partial charge in [0, 0.05) is 17.2 Å². The Hall–Kier alpha value is -3.95. The second-order valence-corrected chi connectivity index (χ2v) is 9.18. The molecule has 2 N–H and O–H groups in total. The second-order valence-electron chi connectivity index (χ2n) is 8.33. The van der Waals surface area contributed by atoms with Crippen LogP contribution in [0.3, 0.4) is 0 Å². The minimum Gasteiger partial charge on any atom is -0.489 e. The third-order valence-electron chi connectivity index (χ3n) is 5.23. The van der Waals surface area contributed by atoms with Crippen molar-refractivity contribution in [3.63, 3.8) is 0 Å². The Kier molecular flexibility index (Phi) is 9.59. The van der Waals surface area contributed by atoms with Crippen LogP contribution < -0.4 is 15.5 Å². The Morgan fingerprint density at radius 3 is 2.32 bits per heavy atom. The van der Waals surface area contributed by atoms with Crippen LogP contribution in [0.4, 0.5) is 5.69 Å². The van der Waals surface area contributed by atoms with Crippen LogP contribution in [0.2, 0.25) is 10.0 Å². The summed E-state index contributed by atoms with van der Waals surface area (Å²) in [6, 6.07) is 16.8. The molecule has 0 saturated carbocycles. The monoisotopic (exact) mass is 542 g/mol. The van der Waals surface area contributed by atoms with Gasteiger partial charge in [-0.2, -0.15) is 5.10 Å². The smallest absolute Gasteiger partial charge is 0.269 e. The van der Waals surface area contributed by atoms with Gasteiger partial charge in [-0.15, -0.1) is 0 Å². The van der Waals surface area contributed by atoms with Crippen molar-refractivity contribution in [2.45, 2.75) is 26.5 Å². The van der Waals surface area contributed by atoms with E-state index in [2.05, 4.69) is 15.8 Å². The number of nitro benzene ring substituents is 1. The van der Waals surface area contributed by atoms with Gasteiger partial charge in [0.25, 0.3) is 17.5 Å². The number of hydrazone groups is 1. The zero-order valence-electron chi connectivity index (χ0n) is 20.0. The number of carbonyl (C=O) groups excluding carboxylic acids is 2. The fourth-order valence-electron chi connectivity index (χ4n) is 3.20. The molecule has 11 heteroatoms. The molecule has 0 bridgehead atoms. The molecule has 9 nitrogen and oxygen atoms in total. The van der Waals surface area contributed by atoms with Crippen LogP contribution >= 0.6 is 23.2 Å². The molecular weight excluding hydrogens is 519 g/mol. The molecule has 37 heavy (non-hydrogen) atoms. The normalized spacial score (nSPS) is 11.8. The molecule has 0 radical (unpaired) electrons. The largest absolute Gasteiger partial charge is 0.489 e. The fraction of sp³-hybridized carbons (Fsp3) is 0.192. The van der Waals surface area contributed by atoms with E-state index < -0.39 is 22.8 Å². The number of nitro groups is 1. The first kappa shape index (κ1) is 27.6. The van der Waals surface area contributed by atoms with Crippen molar-refractivity contribution in [1.82, 2.24) is 10.7 Å². The molecule has 0 aliphatic rings. The van der Waals surface area contributed by atoms with Crippen molar-refractivity contribution in [3.05, 3.63) is 104 Å². The summed E-state index contributed by atoms with van der Waals surface area (Å²) in [7, 11) is 0. The van der Waals surface area contributed by atoms with Gasteiger partial charge in [0.05, 0.1) is 21.7 Å². The minimum atomic E-state index is -0.841. The van der Waals surface area contributed by atoms with Crippen LogP contribution in [0.25, 0.3) is 0 Å². The van der Waals surface area contributed by atoms with Gasteiger partial charge in [-0.05, 0) is 71.6 Å². The molecule has 3 aromatic rings. The summed E-state index contributed by atoms with van der Waals surface area (Å²) in [5.74, 6) is -0.586. The molecule has 1 atom stereocenters. The van der Waals surface area contributed by atoms with Crippen LogP contribution in [0.15, 0.2) is 71.8 Å². The van der Waals surface area contributed by atoms with Gasteiger partial charge in [0.15, 0.2) is 0 Å². The van der Waals surface area contributed by atoms with Crippen LogP contribution in [-0.2, 0) is 11.4 Å². The molecule has 0 fully saturated rings. The van der Waals surface area contributed by atoms with Crippen LogP contribution in [-0.4, -0.2) is 29.0 Å². The maximum absolute atomic E-state index is 12.7. The van der Waals surface area contributed by atoms with E-state index in [-0.39, 0.29) is 28.8 Å². The maximum atomic E-state index is 12.7. The Bertz CT molecular complexity index is 1300. The lowest BCUT2D eigenvalue weighted by Gasteiger charge is -2.20. The van der Waals surface area contributed by atoms with Gasteiger partial charge in [-0.25, -0.2) is 5.43 Å². The number of rotatable bonds is 10. The standard InChI is InChI=1S/C26H24Cl2N4O5/c1-16(2)24(30-25(33)22-12-7-19(27)13-23(22)28)26(34)31-29-14-17-5-10-21(11-6-17)37-15-18-3-8-20(9-4-18)32(35)36/h3-14,16,24H,15H2,1-2H3,(H,30,33)(H,31,34)/b29-14-. The summed E-state index contributed by atoms with van der Waals surface area (Å²) < 4.78 is 5.70. The highest BCUT2D eigenvalue weighted by Gasteiger charge is 2.25. The number of ether oxygens (including phenoxy) is 1. The van der Waals surface area contributed by atoms with Crippen molar-refractivity contribution < 1.29 is 19.2 Å². The molecule has 3 rings (SSSR count). The lowest BCUT2D eigenvalue weighted by Crippen LogP contribution is -2.48. The lowest BCUT2D eigenvalue weighted by atomic mass is 10.0. The van der Waals surface area contributed by atoms with Crippen molar-refractivity contribution in [2.24, 2.45) is 11.0 Å². The molecule has 0 aliphatic carbocycles. The number of benzene rings is 3. The molecule has 0 heterocycles. The highest BCUT2D eigenvalue weighted by atomic mass is 35.5. The zero-order valence-corrected chi connectivity index (χ0v) is 21.5. The Labute approximate surface area is 223 Å². The van der Waals surface area contributed by atoms with E-state index in [1.54, 1.807) is 56.3 Å². The highest BCUT2D eigenvalue weighted by Crippen LogP contribution is 2.21. The Morgan fingerprint density at radius 1 is 1.05 bits per heavy atom. The minimum absolute atomic E-state index is 0.0209. The number of nitrogens with zero attached hydrogens (tertiary/aromatic N) is 2. The summed E-state index contributed by atoms with van der Waals surface area (Å²) in [4.78, 5) is 35.6. The third kappa shape index (κ3) is 8.03. The van der Waals surface area contributed by atoms with E-state index in [0.717, 1.165) is 5.56 Å². The topological polar surface area (TPSA) is 123 Å². The van der Waals surface area contributed by atoms with E-state index in [1.165, 1.54) is 30.5 Å². The quantitative estimate of drug-likeness (QED) is 0.202. The second kappa shape index (κ2) is 12.8. The van der Waals surface area contributed by atoms with Crippen molar-refractivity contribution in [1.29, 1.82) is 0 Å². The molecule has 192 valence electrons. The molecule has 2 amide bonds. The van der Waals surface area contributed by atoms with Crippen molar-refractivity contribution >= 4 is 46.9 Å². The van der Waals surface area contributed by atoms with Crippen molar-refractivity contribution in [2.75, 3.05) is 0 Å². The van der Waals surface area contributed by atoms with Crippen LogP contribution in [0.1, 0.15) is 35.3 Å². The number of nitrogens with one attached hydrogen (secondary N) is 2. The van der Waals surface area contributed by atoms with Gasteiger partial charge in [-0.1, -0.05) is 37.0 Å². The predicted molar refractivity (Wildman–Crippen MR) is 142 cm³/mol. The van der Waals surface area contributed by atoms with Crippen molar-refractivity contribution in [3.8, 4) is 5.75 Å². The van der Waals surface area contributed by atoms with E-state index in [4.69, 9.17) is 27.9 Å². The summed E-state index contributed by atoms with van der Waals surface area (Å²) in [6.45, 7) is 3.85. The average molecular weight is 543 g/mol. The molecular formula is C26H24Cl2N4O5. The van der Waals surface area contributed by atoms with E-state index in [1.807, 2.05) is 0 Å². The Morgan fingerprint density at radius 2 is 1.73 bits per heavy atom. The molecule has 0 aliphatic heterocycles. The SMILES string of the molecule is CC(C)C(NC(=O)c1ccc(Cl)cc1Cl)C(=O)N/N=C\c1ccc(OCc2ccc([N+](=O)[O-])cc2)cc1. The number of hydrogen-bond donors (Lipinski definition) is 2. The Balaban J connectivity index is 1.53. The number of carbonyl (C=O) groups is 2. The lowest BCUT2D eigenvalue weighted by molar-refractivity contribution is -0.384. The summed E-state index contributed by atoms with van der Waals surface area (Å²) >= 11 is 12.0. The first-order chi connectivity index (χ1) is 17.6. The molecule has 0 aromatic heterocycles. The first-order valence-electron chi connectivity index (χ1n) is 11.2. The molecule has 3 aromatic carbocycles. The number of hydrogen-bond acceptors (Lipinski definition) is 6. The highest BCUT2D eigenvalue weighted by molar-refractivity contribution is 6.36. The van der Waals surface area contributed by atoms with Crippen LogP contribution in [0.5, 0.6) is 5.75 Å². The summed E-state index contributed by atoms with van der Waals surface area (Å²) in [5.41, 5.74) is 4.19. The van der Waals surface area contributed by atoms with Crippen LogP contribution in [0, 0.1) is 16.0 Å². The van der Waals surface area contributed by atoms with Gasteiger partial charge in [0.2, 0.25) is 0 Å². The first-order valence-corrected chi connectivity index (χ1v) is 11.9. The van der Waals surface area contributed by atoms with Gasteiger partial charge < -0.3 is 10.1 Å². The molecule has 1 unspecified atom stereocenters. The maximum Gasteiger partial charge on any atom is 0.269 e. The molecule has 0 saturated heterocycles. The summed E-state index contributed by atoms with van der Waals surface area (Å²) in [5, 5.41) is 18.0. The van der Waals surface area contributed by atoms with Gasteiger partial charge in [-0.3, -0.25) is 19.7 Å².